The van der Waals surface area contributed by atoms with Crippen molar-refractivity contribution in [2.75, 3.05) is 13.2 Å². The highest BCUT2D eigenvalue weighted by atomic mass is 19.1. The Morgan fingerprint density at radius 3 is 2.67 bits per heavy atom. The molecule has 0 aromatic heterocycles. The molecule has 2 unspecified atom stereocenters. The molecule has 0 fully saturated rings. The number of hydrogen-bond acceptors (Lipinski definition) is 2. The average Bonchev–Trinajstić information content (AvgIpc) is 2.36. The fraction of sp³-hybridized carbons (Fsp3) is 0.500. The van der Waals surface area contributed by atoms with Gasteiger partial charge >= 0.3 is 0 Å². The van der Waals surface area contributed by atoms with Gasteiger partial charge in [0, 0.05) is 13.2 Å². The van der Waals surface area contributed by atoms with E-state index in [-0.39, 0.29) is 24.2 Å². The standard InChI is InChI=1S/C14H20FNO2/c1-10(7-8-17)9-16-14(18)11(2)12-5-3-4-6-13(12)15/h3-6,10-11,17H,7-9H2,1-2H3,(H,16,18). The topological polar surface area (TPSA) is 49.3 Å². The van der Waals surface area contributed by atoms with E-state index in [1.807, 2.05) is 6.92 Å². The summed E-state index contributed by atoms with van der Waals surface area (Å²) in [6.45, 7) is 4.24. The van der Waals surface area contributed by atoms with Gasteiger partial charge in [-0.3, -0.25) is 4.79 Å². The summed E-state index contributed by atoms with van der Waals surface area (Å²) in [5.74, 6) is -0.840. The lowest BCUT2D eigenvalue weighted by molar-refractivity contribution is -0.122. The van der Waals surface area contributed by atoms with Crippen molar-refractivity contribution in [2.45, 2.75) is 26.2 Å². The maximum Gasteiger partial charge on any atom is 0.227 e. The van der Waals surface area contributed by atoms with Gasteiger partial charge in [-0.05, 0) is 30.9 Å². The van der Waals surface area contributed by atoms with E-state index < -0.39 is 5.92 Å². The van der Waals surface area contributed by atoms with E-state index >= 15 is 0 Å². The van der Waals surface area contributed by atoms with Crippen LogP contribution in [0.25, 0.3) is 0 Å². The lowest BCUT2D eigenvalue weighted by Gasteiger charge is -2.15. The number of aliphatic hydroxyl groups is 1. The second kappa shape index (κ2) is 7.11. The Morgan fingerprint density at radius 1 is 1.39 bits per heavy atom. The van der Waals surface area contributed by atoms with Gasteiger partial charge in [0.15, 0.2) is 0 Å². The Labute approximate surface area is 107 Å². The van der Waals surface area contributed by atoms with Crippen LogP contribution in [0.15, 0.2) is 24.3 Å². The number of halogens is 1. The first kappa shape index (κ1) is 14.6. The highest BCUT2D eigenvalue weighted by Gasteiger charge is 2.18. The van der Waals surface area contributed by atoms with Gasteiger partial charge in [-0.25, -0.2) is 4.39 Å². The molecule has 1 rings (SSSR count). The molecule has 3 nitrogen and oxygen atoms in total. The maximum absolute atomic E-state index is 13.5. The molecule has 0 saturated heterocycles. The third-order valence-electron chi connectivity index (χ3n) is 3.01. The summed E-state index contributed by atoms with van der Waals surface area (Å²) in [5.41, 5.74) is 0.407. The summed E-state index contributed by atoms with van der Waals surface area (Å²) in [4.78, 5) is 11.9. The first-order valence-corrected chi connectivity index (χ1v) is 6.19. The molecule has 0 saturated carbocycles. The molecule has 1 aromatic rings. The van der Waals surface area contributed by atoms with Gasteiger partial charge in [0.05, 0.1) is 5.92 Å². The predicted molar refractivity (Wildman–Crippen MR) is 68.7 cm³/mol. The fourth-order valence-electron chi connectivity index (χ4n) is 1.72. The van der Waals surface area contributed by atoms with Gasteiger partial charge in [-0.1, -0.05) is 25.1 Å². The summed E-state index contributed by atoms with van der Waals surface area (Å²) in [7, 11) is 0. The van der Waals surface area contributed by atoms with Crippen molar-refractivity contribution < 1.29 is 14.3 Å². The molecule has 0 bridgehead atoms. The van der Waals surface area contributed by atoms with Gasteiger partial charge in [0.25, 0.3) is 0 Å². The van der Waals surface area contributed by atoms with Crippen LogP contribution < -0.4 is 5.32 Å². The van der Waals surface area contributed by atoms with E-state index in [1.165, 1.54) is 6.07 Å². The SMILES string of the molecule is CC(CCO)CNC(=O)C(C)c1ccccc1F. The molecule has 0 radical (unpaired) electrons. The van der Waals surface area contributed by atoms with Crippen LogP contribution in [-0.2, 0) is 4.79 Å². The second-order valence-corrected chi connectivity index (χ2v) is 4.61. The summed E-state index contributed by atoms with van der Waals surface area (Å²) in [6.07, 6.45) is 0.647. The Balaban J connectivity index is 2.54. The van der Waals surface area contributed by atoms with Gasteiger partial charge in [0.1, 0.15) is 5.82 Å². The third-order valence-corrected chi connectivity index (χ3v) is 3.01. The minimum atomic E-state index is -0.507. The molecule has 0 heterocycles. The van der Waals surface area contributed by atoms with Crippen molar-refractivity contribution >= 4 is 5.91 Å². The van der Waals surface area contributed by atoms with Crippen LogP contribution in [0, 0.1) is 11.7 Å². The predicted octanol–water partition coefficient (Wildman–Crippen LogP) is 2.06. The van der Waals surface area contributed by atoms with Crippen molar-refractivity contribution in [1.82, 2.24) is 5.32 Å². The Bertz CT molecular complexity index is 395. The molecule has 2 N–H and O–H groups in total. The zero-order valence-corrected chi connectivity index (χ0v) is 10.8. The van der Waals surface area contributed by atoms with Crippen LogP contribution in [0.3, 0.4) is 0 Å². The molecule has 0 aliphatic heterocycles. The van der Waals surface area contributed by atoms with Crippen LogP contribution in [0.4, 0.5) is 4.39 Å². The van der Waals surface area contributed by atoms with Gasteiger partial charge in [0.2, 0.25) is 5.91 Å². The molecule has 2 atom stereocenters. The number of aliphatic hydroxyl groups excluding tert-OH is 1. The number of benzene rings is 1. The van der Waals surface area contributed by atoms with Gasteiger partial charge in [-0.15, -0.1) is 0 Å². The number of rotatable bonds is 6. The highest BCUT2D eigenvalue weighted by Crippen LogP contribution is 2.18. The van der Waals surface area contributed by atoms with E-state index in [2.05, 4.69) is 5.32 Å². The summed E-state index contributed by atoms with van der Waals surface area (Å²) >= 11 is 0. The molecular weight excluding hydrogens is 233 g/mol. The van der Waals surface area contributed by atoms with Crippen LogP contribution in [0.2, 0.25) is 0 Å². The quantitative estimate of drug-likeness (QED) is 0.815. The molecular formula is C14H20FNO2. The number of carbonyl (C=O) groups excluding carboxylic acids is 1. The van der Waals surface area contributed by atoms with Crippen molar-refractivity contribution in [3.63, 3.8) is 0 Å². The van der Waals surface area contributed by atoms with Crippen LogP contribution in [0.5, 0.6) is 0 Å². The third kappa shape index (κ3) is 4.11. The molecule has 0 aliphatic rings. The molecule has 100 valence electrons. The maximum atomic E-state index is 13.5. The summed E-state index contributed by atoms with van der Waals surface area (Å²) in [6, 6.07) is 6.30. The molecule has 18 heavy (non-hydrogen) atoms. The Kier molecular flexibility index (Phi) is 5.78. The molecule has 1 aromatic carbocycles. The first-order chi connectivity index (χ1) is 8.56. The Morgan fingerprint density at radius 2 is 2.06 bits per heavy atom. The zero-order chi connectivity index (χ0) is 13.5. The van der Waals surface area contributed by atoms with Crippen molar-refractivity contribution in [3.05, 3.63) is 35.6 Å². The van der Waals surface area contributed by atoms with Gasteiger partial charge in [-0.2, -0.15) is 0 Å². The van der Waals surface area contributed by atoms with Crippen LogP contribution >= 0.6 is 0 Å². The molecule has 0 aliphatic carbocycles. The van der Waals surface area contributed by atoms with E-state index in [4.69, 9.17) is 5.11 Å². The largest absolute Gasteiger partial charge is 0.396 e. The Hall–Kier alpha value is -1.42. The van der Waals surface area contributed by atoms with E-state index in [1.54, 1.807) is 25.1 Å². The van der Waals surface area contributed by atoms with Crippen LogP contribution in [-0.4, -0.2) is 24.2 Å². The fourth-order valence-corrected chi connectivity index (χ4v) is 1.72. The van der Waals surface area contributed by atoms with E-state index in [0.29, 0.717) is 18.5 Å². The minimum absolute atomic E-state index is 0.111. The average molecular weight is 253 g/mol. The minimum Gasteiger partial charge on any atom is -0.396 e. The summed E-state index contributed by atoms with van der Waals surface area (Å²) in [5, 5.41) is 11.5. The lowest BCUT2D eigenvalue weighted by Crippen LogP contribution is -2.32. The van der Waals surface area contributed by atoms with E-state index in [9.17, 15) is 9.18 Å². The van der Waals surface area contributed by atoms with Crippen molar-refractivity contribution in [2.24, 2.45) is 5.92 Å². The van der Waals surface area contributed by atoms with E-state index in [0.717, 1.165) is 0 Å². The number of hydrogen-bond donors (Lipinski definition) is 2. The highest BCUT2D eigenvalue weighted by molar-refractivity contribution is 5.83. The molecule has 4 heteroatoms. The van der Waals surface area contributed by atoms with Crippen molar-refractivity contribution in [1.29, 1.82) is 0 Å². The molecule has 0 spiro atoms. The first-order valence-electron chi connectivity index (χ1n) is 6.19. The lowest BCUT2D eigenvalue weighted by atomic mass is 9.99. The zero-order valence-electron chi connectivity index (χ0n) is 10.8. The number of amides is 1. The number of nitrogens with one attached hydrogen (secondary N) is 1. The second-order valence-electron chi connectivity index (χ2n) is 4.61. The normalized spacial score (nSPS) is 14.0. The summed E-state index contributed by atoms with van der Waals surface area (Å²) < 4.78 is 13.5. The molecule has 1 amide bonds. The monoisotopic (exact) mass is 253 g/mol. The van der Waals surface area contributed by atoms with Gasteiger partial charge < -0.3 is 10.4 Å². The van der Waals surface area contributed by atoms with Crippen LogP contribution in [0.1, 0.15) is 31.7 Å². The smallest absolute Gasteiger partial charge is 0.227 e. The van der Waals surface area contributed by atoms with Crippen molar-refractivity contribution in [3.8, 4) is 0 Å². The number of carbonyl (C=O) groups is 1.